The van der Waals surface area contributed by atoms with Gasteiger partial charge in [-0.1, -0.05) is 0 Å². The van der Waals surface area contributed by atoms with E-state index in [1.165, 1.54) is 6.20 Å². The summed E-state index contributed by atoms with van der Waals surface area (Å²) in [7, 11) is 0. The quantitative estimate of drug-likeness (QED) is 0.777. The highest BCUT2D eigenvalue weighted by Gasteiger charge is 2.15. The van der Waals surface area contributed by atoms with Crippen molar-refractivity contribution in [1.29, 1.82) is 0 Å². The maximum Gasteiger partial charge on any atom is 0.161 e. The smallest absolute Gasteiger partial charge is 0.161 e. The van der Waals surface area contributed by atoms with Crippen molar-refractivity contribution in [3.8, 4) is 0 Å². The van der Waals surface area contributed by atoms with Crippen LogP contribution in [0.3, 0.4) is 0 Å². The van der Waals surface area contributed by atoms with Gasteiger partial charge in [-0.2, -0.15) is 0 Å². The molecule has 0 aliphatic rings. The van der Waals surface area contributed by atoms with Crippen LogP contribution in [-0.2, 0) is 0 Å². The highest BCUT2D eigenvalue weighted by atomic mass is 16.3. The number of aromatic nitrogens is 3. The van der Waals surface area contributed by atoms with Crippen LogP contribution in [0.1, 0.15) is 23.1 Å². The fourth-order valence-corrected chi connectivity index (χ4v) is 1.33. The Hall–Kier alpha value is -2.01. The van der Waals surface area contributed by atoms with Gasteiger partial charge in [-0.15, -0.1) is 0 Å². The molecule has 2 rings (SSSR count). The van der Waals surface area contributed by atoms with E-state index in [1.54, 1.807) is 24.7 Å². The van der Waals surface area contributed by atoms with Crippen molar-refractivity contribution in [1.82, 2.24) is 15.0 Å². The van der Waals surface area contributed by atoms with E-state index in [1.807, 2.05) is 6.92 Å². The standard InChI is InChI=1S/C11H12N4O/c1-7-4-14-11(15-5-7)10(16)8-6-13-3-2-9(8)12/h2-6,10,16H,1H3,(H2,12,13). The zero-order chi connectivity index (χ0) is 11.5. The summed E-state index contributed by atoms with van der Waals surface area (Å²) in [6.45, 7) is 1.88. The first-order chi connectivity index (χ1) is 7.68. The molecule has 2 aromatic rings. The third-order valence-electron chi connectivity index (χ3n) is 2.23. The Labute approximate surface area is 93.0 Å². The maximum atomic E-state index is 10.0. The molecule has 1 atom stereocenters. The van der Waals surface area contributed by atoms with Crippen LogP contribution in [0.25, 0.3) is 0 Å². The second kappa shape index (κ2) is 4.24. The fourth-order valence-electron chi connectivity index (χ4n) is 1.33. The summed E-state index contributed by atoms with van der Waals surface area (Å²) < 4.78 is 0. The molecule has 5 nitrogen and oxygen atoms in total. The molecule has 0 saturated heterocycles. The predicted octanol–water partition coefficient (Wildman–Crippen LogP) is 0.844. The number of rotatable bonds is 2. The monoisotopic (exact) mass is 216 g/mol. The van der Waals surface area contributed by atoms with E-state index >= 15 is 0 Å². The van der Waals surface area contributed by atoms with Gasteiger partial charge in [0.1, 0.15) is 6.10 Å². The molecule has 2 heterocycles. The van der Waals surface area contributed by atoms with Crippen LogP contribution in [0, 0.1) is 6.92 Å². The summed E-state index contributed by atoms with van der Waals surface area (Å²) in [5.41, 5.74) is 7.67. The van der Waals surface area contributed by atoms with Crippen LogP contribution in [0.4, 0.5) is 5.69 Å². The zero-order valence-electron chi connectivity index (χ0n) is 8.83. The van der Waals surface area contributed by atoms with Gasteiger partial charge in [-0.05, 0) is 18.6 Å². The van der Waals surface area contributed by atoms with Gasteiger partial charge in [-0.25, -0.2) is 9.97 Å². The number of nitrogens with two attached hydrogens (primary N) is 1. The van der Waals surface area contributed by atoms with E-state index in [0.717, 1.165) is 5.56 Å². The van der Waals surface area contributed by atoms with Gasteiger partial charge in [0, 0.05) is 36.0 Å². The van der Waals surface area contributed by atoms with Crippen LogP contribution in [0.5, 0.6) is 0 Å². The maximum absolute atomic E-state index is 10.0. The molecular weight excluding hydrogens is 204 g/mol. The van der Waals surface area contributed by atoms with Crippen LogP contribution >= 0.6 is 0 Å². The lowest BCUT2D eigenvalue weighted by molar-refractivity contribution is 0.210. The SMILES string of the molecule is Cc1cnc(C(O)c2cnccc2N)nc1. The molecule has 0 radical (unpaired) electrons. The normalized spacial score (nSPS) is 12.4. The molecule has 2 aromatic heterocycles. The summed E-state index contributed by atoms with van der Waals surface area (Å²) >= 11 is 0. The van der Waals surface area contributed by atoms with Gasteiger partial charge in [0.25, 0.3) is 0 Å². The summed E-state index contributed by atoms with van der Waals surface area (Å²) in [6.07, 6.45) is 5.45. The third-order valence-corrected chi connectivity index (χ3v) is 2.23. The second-order valence-corrected chi connectivity index (χ2v) is 3.53. The fraction of sp³-hybridized carbons (Fsp3) is 0.182. The molecule has 0 aromatic carbocycles. The predicted molar refractivity (Wildman–Crippen MR) is 59.5 cm³/mol. The van der Waals surface area contributed by atoms with E-state index < -0.39 is 6.10 Å². The van der Waals surface area contributed by atoms with Crippen LogP contribution in [0.2, 0.25) is 0 Å². The van der Waals surface area contributed by atoms with Gasteiger partial charge in [0.15, 0.2) is 5.82 Å². The molecule has 1 unspecified atom stereocenters. The van der Waals surface area contributed by atoms with Crippen molar-refractivity contribution in [3.63, 3.8) is 0 Å². The second-order valence-electron chi connectivity index (χ2n) is 3.53. The third kappa shape index (κ3) is 1.99. The van der Waals surface area contributed by atoms with Crippen molar-refractivity contribution in [2.45, 2.75) is 13.0 Å². The average Bonchev–Trinajstić information content (AvgIpc) is 2.30. The molecule has 16 heavy (non-hydrogen) atoms. The van der Waals surface area contributed by atoms with Crippen LogP contribution in [0.15, 0.2) is 30.9 Å². The van der Waals surface area contributed by atoms with E-state index in [9.17, 15) is 5.11 Å². The molecule has 82 valence electrons. The molecule has 0 spiro atoms. The number of hydrogen-bond acceptors (Lipinski definition) is 5. The number of aryl methyl sites for hydroxylation is 1. The van der Waals surface area contributed by atoms with Crippen molar-refractivity contribution in [2.75, 3.05) is 5.73 Å². The van der Waals surface area contributed by atoms with Crippen LogP contribution < -0.4 is 5.73 Å². The Morgan fingerprint density at radius 1 is 1.25 bits per heavy atom. The van der Waals surface area contributed by atoms with E-state index in [2.05, 4.69) is 15.0 Å². The summed E-state index contributed by atoms with van der Waals surface area (Å²) in [6, 6.07) is 1.63. The number of nitrogens with zero attached hydrogens (tertiary/aromatic N) is 3. The summed E-state index contributed by atoms with van der Waals surface area (Å²) in [5, 5.41) is 10.0. The summed E-state index contributed by atoms with van der Waals surface area (Å²) in [5.74, 6) is 0.324. The number of aliphatic hydroxyl groups excluding tert-OH is 1. The molecule has 0 amide bonds. The largest absolute Gasteiger partial charge is 0.398 e. The first-order valence-electron chi connectivity index (χ1n) is 4.84. The first kappa shape index (κ1) is 10.5. The minimum absolute atomic E-state index is 0.324. The Balaban J connectivity index is 2.35. The lowest BCUT2D eigenvalue weighted by atomic mass is 10.1. The molecule has 0 fully saturated rings. The van der Waals surface area contributed by atoms with Gasteiger partial charge in [0.05, 0.1) is 0 Å². The van der Waals surface area contributed by atoms with Crippen molar-refractivity contribution in [3.05, 3.63) is 47.8 Å². The van der Waals surface area contributed by atoms with E-state index in [4.69, 9.17) is 5.73 Å². The number of hydrogen-bond donors (Lipinski definition) is 2. The molecule has 0 saturated carbocycles. The Morgan fingerprint density at radius 2 is 1.94 bits per heavy atom. The van der Waals surface area contributed by atoms with Gasteiger partial charge in [-0.3, -0.25) is 4.98 Å². The van der Waals surface area contributed by atoms with E-state index in [-0.39, 0.29) is 0 Å². The zero-order valence-corrected chi connectivity index (χ0v) is 8.83. The van der Waals surface area contributed by atoms with Crippen molar-refractivity contribution < 1.29 is 5.11 Å². The van der Waals surface area contributed by atoms with Gasteiger partial charge in [0.2, 0.25) is 0 Å². The minimum atomic E-state index is -0.936. The molecule has 0 aliphatic heterocycles. The number of nitrogen functional groups attached to an aromatic ring is 1. The van der Waals surface area contributed by atoms with Crippen LogP contribution in [-0.4, -0.2) is 20.1 Å². The topological polar surface area (TPSA) is 84.9 Å². The molecule has 5 heteroatoms. The number of pyridine rings is 1. The van der Waals surface area contributed by atoms with Gasteiger partial charge < -0.3 is 10.8 Å². The Bertz CT molecular complexity index is 484. The molecular formula is C11H12N4O. The van der Waals surface area contributed by atoms with Crippen molar-refractivity contribution >= 4 is 5.69 Å². The molecule has 3 N–H and O–H groups in total. The lowest BCUT2D eigenvalue weighted by Gasteiger charge is -2.11. The Morgan fingerprint density at radius 3 is 2.56 bits per heavy atom. The molecule has 0 bridgehead atoms. The highest BCUT2D eigenvalue weighted by Crippen LogP contribution is 2.22. The van der Waals surface area contributed by atoms with Gasteiger partial charge >= 0.3 is 0 Å². The number of anilines is 1. The van der Waals surface area contributed by atoms with E-state index in [0.29, 0.717) is 17.1 Å². The molecule has 0 aliphatic carbocycles. The lowest BCUT2D eigenvalue weighted by Crippen LogP contribution is -2.08. The Kier molecular flexibility index (Phi) is 2.78. The highest BCUT2D eigenvalue weighted by molar-refractivity contribution is 5.47. The first-order valence-corrected chi connectivity index (χ1v) is 4.84. The summed E-state index contributed by atoms with van der Waals surface area (Å²) in [4.78, 5) is 12.0. The average molecular weight is 216 g/mol. The van der Waals surface area contributed by atoms with Crippen molar-refractivity contribution in [2.24, 2.45) is 0 Å². The number of aliphatic hydroxyl groups is 1. The minimum Gasteiger partial charge on any atom is -0.398 e.